The van der Waals surface area contributed by atoms with E-state index in [-0.39, 0.29) is 11.3 Å². The lowest BCUT2D eigenvalue weighted by atomic mass is 9.73. The summed E-state index contributed by atoms with van der Waals surface area (Å²) in [5.41, 5.74) is 6.77. The van der Waals surface area contributed by atoms with Crippen molar-refractivity contribution in [1.82, 2.24) is 10.2 Å². The van der Waals surface area contributed by atoms with Crippen LogP contribution in [0, 0.1) is 5.41 Å². The monoisotopic (exact) mass is 395 g/mol. The van der Waals surface area contributed by atoms with Gasteiger partial charge in [0.25, 0.3) is 5.91 Å². The van der Waals surface area contributed by atoms with Crippen LogP contribution in [0.2, 0.25) is 5.02 Å². The number of carbonyl (C=O) groups excluding carboxylic acids is 1. The number of hydrogen-bond acceptors (Lipinski definition) is 5. The Kier molecular flexibility index (Phi) is 6.84. The molecule has 2 fully saturated rings. The predicted octanol–water partition coefficient (Wildman–Crippen LogP) is 2.94. The Morgan fingerprint density at radius 3 is 2.67 bits per heavy atom. The number of carbonyl (C=O) groups is 1. The van der Waals surface area contributed by atoms with Crippen molar-refractivity contribution < 1.29 is 14.3 Å². The van der Waals surface area contributed by atoms with Crippen molar-refractivity contribution in [3.8, 4) is 5.75 Å². The molecule has 3 rings (SSSR count). The predicted molar refractivity (Wildman–Crippen MR) is 108 cm³/mol. The lowest BCUT2D eigenvalue weighted by Crippen LogP contribution is -2.49. The van der Waals surface area contributed by atoms with Gasteiger partial charge in [-0.3, -0.25) is 9.69 Å². The van der Waals surface area contributed by atoms with Crippen LogP contribution in [0.3, 0.4) is 0 Å². The lowest BCUT2D eigenvalue weighted by Gasteiger charge is -2.42. The Hall–Kier alpha value is -1.50. The lowest BCUT2D eigenvalue weighted by molar-refractivity contribution is 0.00727. The summed E-state index contributed by atoms with van der Waals surface area (Å²) in [5.74, 6) is 0.279. The highest BCUT2D eigenvalue weighted by Gasteiger charge is 2.35. The van der Waals surface area contributed by atoms with Gasteiger partial charge in [0.15, 0.2) is 0 Å². The summed E-state index contributed by atoms with van der Waals surface area (Å²) in [6.07, 6.45) is 6.00. The van der Waals surface area contributed by atoms with Crippen molar-refractivity contribution in [2.45, 2.75) is 32.1 Å². The van der Waals surface area contributed by atoms with E-state index in [2.05, 4.69) is 10.2 Å². The van der Waals surface area contributed by atoms with Crippen molar-refractivity contribution >= 4 is 23.2 Å². The average Bonchev–Trinajstić information content (AvgIpc) is 2.69. The molecule has 1 aliphatic carbocycles. The van der Waals surface area contributed by atoms with Crippen LogP contribution < -0.4 is 15.8 Å². The largest absolute Gasteiger partial charge is 0.496 e. The molecule has 0 radical (unpaired) electrons. The highest BCUT2D eigenvalue weighted by atomic mass is 35.5. The smallest absolute Gasteiger partial charge is 0.255 e. The van der Waals surface area contributed by atoms with Crippen LogP contribution in [0.4, 0.5) is 5.69 Å². The van der Waals surface area contributed by atoms with E-state index in [1.165, 1.54) is 26.4 Å². The van der Waals surface area contributed by atoms with Gasteiger partial charge in [0, 0.05) is 37.7 Å². The highest BCUT2D eigenvalue weighted by molar-refractivity contribution is 6.33. The molecule has 27 heavy (non-hydrogen) atoms. The number of nitrogen functional groups attached to an aromatic ring is 1. The number of nitrogens with zero attached hydrogens (tertiary/aromatic N) is 1. The summed E-state index contributed by atoms with van der Waals surface area (Å²) in [5, 5.41) is 3.51. The third-order valence-electron chi connectivity index (χ3n) is 5.76. The minimum absolute atomic E-state index is 0.121. The van der Waals surface area contributed by atoms with Gasteiger partial charge in [-0.25, -0.2) is 0 Å². The molecule has 1 aromatic rings. The van der Waals surface area contributed by atoms with Gasteiger partial charge in [-0.05, 0) is 18.9 Å². The molecular weight excluding hydrogens is 366 g/mol. The molecule has 1 aromatic carbocycles. The quantitative estimate of drug-likeness (QED) is 0.724. The summed E-state index contributed by atoms with van der Waals surface area (Å²) >= 11 is 6.11. The first-order valence-corrected chi connectivity index (χ1v) is 10.1. The van der Waals surface area contributed by atoms with Gasteiger partial charge in [0.2, 0.25) is 0 Å². The zero-order valence-electron chi connectivity index (χ0n) is 16.1. The van der Waals surface area contributed by atoms with E-state index in [4.69, 9.17) is 26.8 Å². The number of amides is 1. The van der Waals surface area contributed by atoms with Gasteiger partial charge in [-0.2, -0.15) is 0 Å². The van der Waals surface area contributed by atoms with E-state index in [0.717, 1.165) is 45.7 Å². The number of halogens is 1. The molecule has 0 atom stereocenters. The first-order chi connectivity index (χ1) is 13.0. The van der Waals surface area contributed by atoms with Crippen LogP contribution >= 0.6 is 11.6 Å². The molecular formula is C20H30ClN3O3. The SMILES string of the molecule is COc1cc(N)c(Cl)cc1C(=O)NCC1(CN2CCOCC2)CCCCC1. The van der Waals surface area contributed by atoms with E-state index < -0.39 is 0 Å². The molecule has 3 N–H and O–H groups in total. The molecule has 1 amide bonds. The van der Waals surface area contributed by atoms with E-state index in [1.54, 1.807) is 12.1 Å². The standard InChI is InChI=1S/C20H30ClN3O3/c1-26-18-12-17(22)16(21)11-15(18)19(25)23-13-20(5-3-2-4-6-20)14-24-7-9-27-10-8-24/h11-12H,2-10,13-14,22H2,1H3,(H,23,25). The second kappa shape index (κ2) is 9.13. The maximum absolute atomic E-state index is 12.8. The van der Waals surface area contributed by atoms with Gasteiger partial charge in [-0.1, -0.05) is 30.9 Å². The Morgan fingerprint density at radius 1 is 1.30 bits per heavy atom. The van der Waals surface area contributed by atoms with Crippen LogP contribution in [0.5, 0.6) is 5.75 Å². The second-order valence-electron chi connectivity index (χ2n) is 7.71. The molecule has 1 saturated carbocycles. The Balaban J connectivity index is 1.69. The van der Waals surface area contributed by atoms with Crippen molar-refractivity contribution in [2.75, 3.05) is 52.2 Å². The van der Waals surface area contributed by atoms with E-state index in [9.17, 15) is 4.79 Å². The Bertz CT molecular complexity index is 656. The third-order valence-corrected chi connectivity index (χ3v) is 6.09. The maximum atomic E-state index is 12.8. The zero-order valence-corrected chi connectivity index (χ0v) is 16.8. The Labute approximate surface area is 166 Å². The fourth-order valence-corrected chi connectivity index (χ4v) is 4.37. The van der Waals surface area contributed by atoms with Crippen LogP contribution in [-0.4, -0.2) is 57.3 Å². The number of hydrogen-bond donors (Lipinski definition) is 2. The number of benzene rings is 1. The van der Waals surface area contributed by atoms with E-state index >= 15 is 0 Å². The molecule has 1 aliphatic heterocycles. The molecule has 0 aromatic heterocycles. The fraction of sp³-hybridized carbons (Fsp3) is 0.650. The number of anilines is 1. The molecule has 1 heterocycles. The highest BCUT2D eigenvalue weighted by Crippen LogP contribution is 2.37. The Morgan fingerprint density at radius 2 is 2.00 bits per heavy atom. The first kappa shape index (κ1) is 20.2. The van der Waals surface area contributed by atoms with Crippen molar-refractivity contribution in [1.29, 1.82) is 0 Å². The second-order valence-corrected chi connectivity index (χ2v) is 8.11. The molecule has 7 heteroatoms. The molecule has 6 nitrogen and oxygen atoms in total. The summed E-state index contributed by atoms with van der Waals surface area (Å²) < 4.78 is 10.8. The molecule has 150 valence electrons. The topological polar surface area (TPSA) is 76.8 Å². The molecule has 0 spiro atoms. The van der Waals surface area contributed by atoms with Crippen molar-refractivity contribution in [2.24, 2.45) is 5.41 Å². The van der Waals surface area contributed by atoms with Gasteiger partial charge < -0.3 is 20.5 Å². The molecule has 0 unspecified atom stereocenters. The number of methoxy groups -OCH3 is 1. The minimum atomic E-state index is -0.166. The number of rotatable bonds is 6. The van der Waals surface area contributed by atoms with Crippen LogP contribution in [-0.2, 0) is 4.74 Å². The van der Waals surface area contributed by atoms with E-state index in [0.29, 0.717) is 28.6 Å². The van der Waals surface area contributed by atoms with Crippen LogP contribution in [0.25, 0.3) is 0 Å². The first-order valence-electron chi connectivity index (χ1n) is 9.74. The van der Waals surface area contributed by atoms with Crippen molar-refractivity contribution in [3.05, 3.63) is 22.7 Å². The normalized spacial score (nSPS) is 20.2. The maximum Gasteiger partial charge on any atom is 0.255 e. The van der Waals surface area contributed by atoms with Gasteiger partial charge in [-0.15, -0.1) is 0 Å². The fourth-order valence-electron chi connectivity index (χ4n) is 4.20. The molecule has 1 saturated heterocycles. The van der Waals surface area contributed by atoms with Gasteiger partial charge in [0.05, 0.1) is 36.6 Å². The van der Waals surface area contributed by atoms with Gasteiger partial charge >= 0.3 is 0 Å². The average molecular weight is 396 g/mol. The molecule has 0 bridgehead atoms. The zero-order chi connectivity index (χ0) is 19.3. The third kappa shape index (κ3) is 5.06. The van der Waals surface area contributed by atoms with Gasteiger partial charge in [0.1, 0.15) is 5.75 Å². The number of nitrogens with two attached hydrogens (primary N) is 1. The summed E-state index contributed by atoms with van der Waals surface area (Å²) in [6.45, 7) is 5.20. The van der Waals surface area contributed by atoms with Crippen LogP contribution in [0.1, 0.15) is 42.5 Å². The van der Waals surface area contributed by atoms with Crippen LogP contribution in [0.15, 0.2) is 12.1 Å². The summed E-state index contributed by atoms with van der Waals surface area (Å²) in [7, 11) is 1.53. The number of nitrogens with one attached hydrogen (secondary N) is 1. The molecule has 2 aliphatic rings. The number of ether oxygens (including phenoxy) is 2. The minimum Gasteiger partial charge on any atom is -0.496 e. The summed E-state index contributed by atoms with van der Waals surface area (Å²) in [6, 6.07) is 3.18. The van der Waals surface area contributed by atoms with Crippen molar-refractivity contribution in [3.63, 3.8) is 0 Å². The number of morpholine rings is 1. The van der Waals surface area contributed by atoms with E-state index in [1.807, 2.05) is 0 Å². The summed E-state index contributed by atoms with van der Waals surface area (Å²) in [4.78, 5) is 15.3.